The number of carbonyl (C=O) groups excluding carboxylic acids is 1. The molecule has 1 aromatic carbocycles. The third kappa shape index (κ3) is 3.46. The Bertz CT molecular complexity index is 399. The lowest BCUT2D eigenvalue weighted by Crippen LogP contribution is -2.47. The van der Waals surface area contributed by atoms with Gasteiger partial charge in [0.1, 0.15) is 0 Å². The summed E-state index contributed by atoms with van der Waals surface area (Å²) < 4.78 is 0. The molecule has 0 fully saturated rings. The maximum absolute atomic E-state index is 12.0. The minimum atomic E-state index is -0.575. The molecule has 94 valence electrons. The largest absolute Gasteiger partial charge is 0.378 e. The third-order valence-electron chi connectivity index (χ3n) is 2.81. The number of benzene rings is 1. The fourth-order valence-electron chi connectivity index (χ4n) is 1.26. The lowest BCUT2D eigenvalue weighted by Gasteiger charge is -2.23. The van der Waals surface area contributed by atoms with E-state index in [-0.39, 0.29) is 5.91 Å². The fourth-order valence-corrected chi connectivity index (χ4v) is 1.26. The molecule has 0 saturated heterocycles. The van der Waals surface area contributed by atoms with Gasteiger partial charge in [0, 0.05) is 25.5 Å². The molecule has 0 radical (unpaired) electrons. The molecule has 1 rings (SSSR count). The molecule has 17 heavy (non-hydrogen) atoms. The molecule has 0 aliphatic rings. The molecule has 2 N–H and O–H groups in total. The molecule has 0 atom stereocenters. The average molecular weight is 235 g/mol. The molecule has 0 bridgehead atoms. The summed E-state index contributed by atoms with van der Waals surface area (Å²) in [7, 11) is 5.72. The van der Waals surface area contributed by atoms with E-state index in [9.17, 15) is 4.79 Å². The second-order valence-corrected chi connectivity index (χ2v) is 4.77. The van der Waals surface area contributed by atoms with Gasteiger partial charge in [-0.1, -0.05) is 6.07 Å². The lowest BCUT2D eigenvalue weighted by molar-refractivity contribution is -0.121. The monoisotopic (exact) mass is 235 g/mol. The van der Waals surface area contributed by atoms with E-state index in [0.717, 1.165) is 11.4 Å². The van der Waals surface area contributed by atoms with Gasteiger partial charge >= 0.3 is 0 Å². The van der Waals surface area contributed by atoms with Crippen molar-refractivity contribution < 1.29 is 4.79 Å². The Morgan fingerprint density at radius 3 is 2.47 bits per heavy atom. The minimum Gasteiger partial charge on any atom is -0.378 e. The van der Waals surface area contributed by atoms with Crippen molar-refractivity contribution in [2.24, 2.45) is 0 Å². The normalized spacial score (nSPS) is 11.1. The van der Waals surface area contributed by atoms with Crippen LogP contribution in [-0.4, -0.2) is 32.6 Å². The first-order valence-electron chi connectivity index (χ1n) is 5.64. The molecule has 4 nitrogen and oxygen atoms in total. The predicted octanol–water partition coefficient (Wildman–Crippen LogP) is 1.69. The Labute approximate surface area is 103 Å². The van der Waals surface area contributed by atoms with E-state index in [1.807, 2.05) is 57.1 Å². The second-order valence-electron chi connectivity index (χ2n) is 4.77. The topological polar surface area (TPSA) is 44.4 Å². The summed E-state index contributed by atoms with van der Waals surface area (Å²) in [6.45, 7) is 3.69. The molecule has 1 aromatic rings. The highest BCUT2D eigenvalue weighted by atomic mass is 16.2. The van der Waals surface area contributed by atoms with Gasteiger partial charge in [0.25, 0.3) is 0 Å². The summed E-state index contributed by atoms with van der Waals surface area (Å²) in [5.41, 5.74) is 1.29. The number of hydrogen-bond donors (Lipinski definition) is 2. The SMILES string of the molecule is CNC(C)(C)C(=O)Nc1cccc(N(C)C)c1. The number of rotatable bonds is 4. The Balaban J connectivity index is 2.82. The van der Waals surface area contributed by atoms with Crippen LogP contribution in [0.4, 0.5) is 11.4 Å². The number of amides is 1. The zero-order valence-corrected chi connectivity index (χ0v) is 11.2. The van der Waals surface area contributed by atoms with E-state index < -0.39 is 5.54 Å². The summed E-state index contributed by atoms with van der Waals surface area (Å²) in [5.74, 6) is -0.0455. The summed E-state index contributed by atoms with van der Waals surface area (Å²) in [4.78, 5) is 14.0. The van der Waals surface area contributed by atoms with Gasteiger partial charge in [0.2, 0.25) is 5.91 Å². The highest BCUT2D eigenvalue weighted by Crippen LogP contribution is 2.18. The number of carbonyl (C=O) groups is 1. The summed E-state index contributed by atoms with van der Waals surface area (Å²) >= 11 is 0. The van der Waals surface area contributed by atoms with E-state index in [2.05, 4.69) is 10.6 Å². The van der Waals surface area contributed by atoms with Gasteiger partial charge < -0.3 is 15.5 Å². The second kappa shape index (κ2) is 5.19. The number of likely N-dealkylation sites (N-methyl/N-ethyl adjacent to an activating group) is 1. The van der Waals surface area contributed by atoms with Crippen molar-refractivity contribution in [3.05, 3.63) is 24.3 Å². The molecule has 0 heterocycles. The van der Waals surface area contributed by atoms with Gasteiger partial charge in [-0.2, -0.15) is 0 Å². The first-order valence-corrected chi connectivity index (χ1v) is 5.64. The van der Waals surface area contributed by atoms with Crippen LogP contribution < -0.4 is 15.5 Å². The first kappa shape index (κ1) is 13.5. The van der Waals surface area contributed by atoms with Gasteiger partial charge in [-0.05, 0) is 39.1 Å². The van der Waals surface area contributed by atoms with Crippen molar-refractivity contribution >= 4 is 17.3 Å². The van der Waals surface area contributed by atoms with Gasteiger partial charge in [0.15, 0.2) is 0 Å². The molecule has 0 aliphatic carbocycles. The molecule has 0 spiro atoms. The Morgan fingerprint density at radius 2 is 1.94 bits per heavy atom. The molecule has 4 heteroatoms. The van der Waals surface area contributed by atoms with Crippen molar-refractivity contribution in [3.8, 4) is 0 Å². The van der Waals surface area contributed by atoms with Crippen LogP contribution in [0.15, 0.2) is 24.3 Å². The van der Waals surface area contributed by atoms with Crippen molar-refractivity contribution in [1.82, 2.24) is 5.32 Å². The van der Waals surface area contributed by atoms with Crippen molar-refractivity contribution in [2.45, 2.75) is 19.4 Å². The average Bonchev–Trinajstić information content (AvgIpc) is 2.29. The molecular weight excluding hydrogens is 214 g/mol. The van der Waals surface area contributed by atoms with Gasteiger partial charge in [0.05, 0.1) is 5.54 Å². The van der Waals surface area contributed by atoms with Crippen LogP contribution in [0, 0.1) is 0 Å². The highest BCUT2D eigenvalue weighted by Gasteiger charge is 2.25. The highest BCUT2D eigenvalue weighted by molar-refractivity contribution is 5.97. The molecular formula is C13H21N3O. The van der Waals surface area contributed by atoms with E-state index in [1.54, 1.807) is 7.05 Å². The van der Waals surface area contributed by atoms with Crippen LogP contribution in [0.1, 0.15) is 13.8 Å². The molecule has 0 saturated carbocycles. The van der Waals surface area contributed by atoms with Gasteiger partial charge in [-0.3, -0.25) is 4.79 Å². The van der Waals surface area contributed by atoms with Crippen LogP contribution in [0.5, 0.6) is 0 Å². The molecule has 0 unspecified atom stereocenters. The number of hydrogen-bond acceptors (Lipinski definition) is 3. The summed E-state index contributed by atoms with van der Waals surface area (Å²) in [5, 5.41) is 5.88. The summed E-state index contributed by atoms with van der Waals surface area (Å²) in [6, 6.07) is 7.76. The Morgan fingerprint density at radius 1 is 1.29 bits per heavy atom. The molecule has 1 amide bonds. The maximum Gasteiger partial charge on any atom is 0.244 e. The zero-order chi connectivity index (χ0) is 13.1. The quantitative estimate of drug-likeness (QED) is 0.834. The first-order chi connectivity index (χ1) is 7.86. The van der Waals surface area contributed by atoms with Crippen LogP contribution in [-0.2, 0) is 4.79 Å². The number of nitrogens with zero attached hydrogens (tertiary/aromatic N) is 1. The van der Waals surface area contributed by atoms with E-state index in [0.29, 0.717) is 0 Å². The smallest absolute Gasteiger partial charge is 0.244 e. The lowest BCUT2D eigenvalue weighted by atomic mass is 10.1. The van der Waals surface area contributed by atoms with E-state index in [4.69, 9.17) is 0 Å². The van der Waals surface area contributed by atoms with Crippen LogP contribution >= 0.6 is 0 Å². The minimum absolute atomic E-state index is 0.0455. The Hall–Kier alpha value is -1.55. The molecule has 0 aliphatic heterocycles. The standard InChI is InChI=1S/C13H21N3O/c1-13(2,14-3)12(17)15-10-7-6-8-11(9-10)16(4)5/h6-9,14H,1-5H3,(H,15,17). The van der Waals surface area contributed by atoms with Crippen molar-refractivity contribution in [1.29, 1.82) is 0 Å². The number of anilines is 2. The van der Waals surface area contributed by atoms with Crippen molar-refractivity contribution in [3.63, 3.8) is 0 Å². The van der Waals surface area contributed by atoms with E-state index in [1.165, 1.54) is 0 Å². The predicted molar refractivity (Wildman–Crippen MR) is 72.5 cm³/mol. The van der Waals surface area contributed by atoms with Crippen LogP contribution in [0.2, 0.25) is 0 Å². The number of nitrogens with one attached hydrogen (secondary N) is 2. The van der Waals surface area contributed by atoms with Crippen LogP contribution in [0.25, 0.3) is 0 Å². The fraction of sp³-hybridized carbons (Fsp3) is 0.462. The van der Waals surface area contributed by atoms with Crippen LogP contribution in [0.3, 0.4) is 0 Å². The van der Waals surface area contributed by atoms with Crippen molar-refractivity contribution in [2.75, 3.05) is 31.4 Å². The summed E-state index contributed by atoms with van der Waals surface area (Å²) in [6.07, 6.45) is 0. The zero-order valence-electron chi connectivity index (χ0n) is 11.2. The van der Waals surface area contributed by atoms with Gasteiger partial charge in [-0.15, -0.1) is 0 Å². The maximum atomic E-state index is 12.0. The Kier molecular flexibility index (Phi) is 4.12. The third-order valence-corrected chi connectivity index (χ3v) is 2.81. The van der Waals surface area contributed by atoms with E-state index >= 15 is 0 Å². The molecule has 0 aromatic heterocycles. The van der Waals surface area contributed by atoms with Gasteiger partial charge in [-0.25, -0.2) is 0 Å².